The van der Waals surface area contributed by atoms with E-state index in [1.165, 1.54) is 18.2 Å². The highest BCUT2D eigenvalue weighted by Gasteiger charge is 2.16. The molecule has 0 radical (unpaired) electrons. The summed E-state index contributed by atoms with van der Waals surface area (Å²) in [6.07, 6.45) is 1.31. The molecule has 0 saturated heterocycles. The Morgan fingerprint density at radius 3 is 2.82 bits per heavy atom. The molecule has 1 unspecified atom stereocenters. The van der Waals surface area contributed by atoms with E-state index in [9.17, 15) is 10.1 Å². The van der Waals surface area contributed by atoms with Gasteiger partial charge in [0, 0.05) is 23.7 Å². The van der Waals surface area contributed by atoms with E-state index in [4.69, 9.17) is 16.7 Å². The first-order chi connectivity index (χ1) is 8.08. The molecule has 0 aromatic heterocycles. The van der Waals surface area contributed by atoms with Crippen LogP contribution in [0.3, 0.4) is 0 Å². The van der Waals surface area contributed by atoms with Crippen LogP contribution in [0.1, 0.15) is 19.8 Å². The van der Waals surface area contributed by atoms with Crippen molar-refractivity contribution < 1.29 is 10.0 Å². The zero-order valence-corrected chi connectivity index (χ0v) is 10.3. The van der Waals surface area contributed by atoms with Crippen molar-refractivity contribution in [3.63, 3.8) is 0 Å². The molecule has 0 heterocycles. The average molecular weight is 259 g/mol. The number of aliphatic hydroxyl groups excluding tert-OH is 1. The van der Waals surface area contributed by atoms with E-state index in [0.717, 1.165) is 6.42 Å². The van der Waals surface area contributed by atoms with Crippen LogP contribution in [0.4, 0.5) is 11.4 Å². The highest BCUT2D eigenvalue weighted by atomic mass is 35.5. The van der Waals surface area contributed by atoms with Crippen LogP contribution in [0.15, 0.2) is 18.2 Å². The molecule has 2 N–H and O–H groups in total. The lowest BCUT2D eigenvalue weighted by Gasteiger charge is -2.17. The Morgan fingerprint density at radius 1 is 1.59 bits per heavy atom. The third-order valence-electron chi connectivity index (χ3n) is 2.49. The molecule has 0 aliphatic heterocycles. The monoisotopic (exact) mass is 258 g/mol. The normalized spacial score (nSPS) is 12.2. The minimum Gasteiger partial charge on any atom is -0.396 e. The van der Waals surface area contributed by atoms with E-state index in [2.05, 4.69) is 5.32 Å². The smallest absolute Gasteiger partial charge is 0.292 e. The number of nitro benzene ring substituents is 1. The Labute approximate surface area is 105 Å². The van der Waals surface area contributed by atoms with Gasteiger partial charge in [0.05, 0.1) is 4.92 Å². The minimum atomic E-state index is -0.454. The van der Waals surface area contributed by atoms with E-state index in [0.29, 0.717) is 17.1 Å². The van der Waals surface area contributed by atoms with Crippen molar-refractivity contribution in [1.82, 2.24) is 0 Å². The van der Waals surface area contributed by atoms with Crippen LogP contribution in [0.25, 0.3) is 0 Å². The molecule has 0 aliphatic carbocycles. The third-order valence-corrected chi connectivity index (χ3v) is 2.72. The van der Waals surface area contributed by atoms with Crippen molar-refractivity contribution in [2.24, 2.45) is 0 Å². The summed E-state index contributed by atoms with van der Waals surface area (Å²) in [6.45, 7) is 1.99. The molecule has 0 fully saturated rings. The van der Waals surface area contributed by atoms with Crippen molar-refractivity contribution in [2.75, 3.05) is 11.9 Å². The molecule has 1 aromatic rings. The van der Waals surface area contributed by atoms with Gasteiger partial charge in [0.2, 0.25) is 0 Å². The number of nitrogens with zero attached hydrogens (tertiary/aromatic N) is 1. The van der Waals surface area contributed by atoms with Crippen molar-refractivity contribution in [3.8, 4) is 0 Å². The van der Waals surface area contributed by atoms with Crippen LogP contribution in [0, 0.1) is 10.1 Å². The van der Waals surface area contributed by atoms with E-state index >= 15 is 0 Å². The largest absolute Gasteiger partial charge is 0.396 e. The fraction of sp³-hybridized carbons (Fsp3) is 0.455. The maximum absolute atomic E-state index is 10.8. The molecule has 0 spiro atoms. The zero-order valence-electron chi connectivity index (χ0n) is 9.52. The SMILES string of the molecule is CCC(CCO)Nc1cc(Cl)ccc1[N+](=O)[O-]. The standard InChI is InChI=1S/C11H15ClN2O3/c1-2-9(5-6-15)13-10-7-8(12)3-4-11(10)14(16)17/h3-4,7,9,13,15H,2,5-6H2,1H3. The molecule has 94 valence electrons. The lowest BCUT2D eigenvalue weighted by atomic mass is 10.1. The number of benzene rings is 1. The summed E-state index contributed by atoms with van der Waals surface area (Å²) in [7, 11) is 0. The second kappa shape index (κ2) is 6.42. The third kappa shape index (κ3) is 3.87. The molecule has 1 aromatic carbocycles. The van der Waals surface area contributed by atoms with Gasteiger partial charge in [-0.3, -0.25) is 10.1 Å². The molecular weight excluding hydrogens is 244 g/mol. The average Bonchev–Trinajstić information content (AvgIpc) is 2.28. The molecule has 6 heteroatoms. The highest BCUT2D eigenvalue weighted by Crippen LogP contribution is 2.28. The first kappa shape index (κ1) is 13.7. The Balaban J connectivity index is 2.94. The summed E-state index contributed by atoms with van der Waals surface area (Å²) in [6, 6.07) is 4.38. The second-order valence-electron chi connectivity index (χ2n) is 3.68. The Kier molecular flexibility index (Phi) is 5.18. The van der Waals surface area contributed by atoms with Crippen molar-refractivity contribution in [3.05, 3.63) is 33.3 Å². The van der Waals surface area contributed by atoms with Crippen molar-refractivity contribution in [1.29, 1.82) is 0 Å². The fourth-order valence-electron chi connectivity index (χ4n) is 1.54. The van der Waals surface area contributed by atoms with Gasteiger partial charge < -0.3 is 10.4 Å². The van der Waals surface area contributed by atoms with E-state index in [1.54, 1.807) is 0 Å². The predicted molar refractivity (Wildman–Crippen MR) is 67.5 cm³/mol. The quantitative estimate of drug-likeness (QED) is 0.608. The lowest BCUT2D eigenvalue weighted by Crippen LogP contribution is -2.20. The first-order valence-electron chi connectivity index (χ1n) is 5.39. The van der Waals surface area contributed by atoms with Gasteiger partial charge in [-0.1, -0.05) is 18.5 Å². The molecule has 1 rings (SSSR count). The van der Waals surface area contributed by atoms with Gasteiger partial charge in [-0.15, -0.1) is 0 Å². The summed E-state index contributed by atoms with van der Waals surface area (Å²) in [5.41, 5.74) is 0.383. The molecule has 0 saturated carbocycles. The predicted octanol–water partition coefficient (Wildman–Crippen LogP) is 2.82. The zero-order chi connectivity index (χ0) is 12.8. The van der Waals surface area contributed by atoms with Gasteiger partial charge in [-0.2, -0.15) is 0 Å². The Bertz CT molecular complexity index is 398. The topological polar surface area (TPSA) is 75.4 Å². The van der Waals surface area contributed by atoms with Gasteiger partial charge >= 0.3 is 0 Å². The fourth-order valence-corrected chi connectivity index (χ4v) is 1.71. The van der Waals surface area contributed by atoms with Crippen LogP contribution in [0.5, 0.6) is 0 Å². The second-order valence-corrected chi connectivity index (χ2v) is 4.12. The number of anilines is 1. The molecule has 0 aliphatic rings. The van der Waals surface area contributed by atoms with Gasteiger partial charge in [-0.25, -0.2) is 0 Å². The van der Waals surface area contributed by atoms with Crippen LogP contribution >= 0.6 is 11.6 Å². The summed E-state index contributed by atoms with van der Waals surface area (Å²) < 4.78 is 0. The number of halogens is 1. The molecule has 1 atom stereocenters. The first-order valence-corrected chi connectivity index (χ1v) is 5.77. The van der Waals surface area contributed by atoms with Crippen LogP contribution in [-0.4, -0.2) is 22.7 Å². The lowest BCUT2D eigenvalue weighted by molar-refractivity contribution is -0.384. The van der Waals surface area contributed by atoms with E-state index in [-0.39, 0.29) is 18.3 Å². The summed E-state index contributed by atoms with van der Waals surface area (Å²) in [5, 5.41) is 23.2. The molecule has 0 bridgehead atoms. The summed E-state index contributed by atoms with van der Waals surface area (Å²) >= 11 is 5.81. The molecule has 0 amide bonds. The molecular formula is C11H15ClN2O3. The minimum absolute atomic E-state index is 0.00262. The van der Waals surface area contributed by atoms with Crippen LogP contribution < -0.4 is 5.32 Å². The molecule has 17 heavy (non-hydrogen) atoms. The summed E-state index contributed by atoms with van der Waals surface area (Å²) in [5.74, 6) is 0. The maximum Gasteiger partial charge on any atom is 0.292 e. The number of hydrogen-bond donors (Lipinski definition) is 2. The Hall–Kier alpha value is -1.33. The summed E-state index contributed by atoms with van der Waals surface area (Å²) in [4.78, 5) is 10.4. The Morgan fingerprint density at radius 2 is 2.29 bits per heavy atom. The van der Waals surface area contributed by atoms with Crippen molar-refractivity contribution in [2.45, 2.75) is 25.8 Å². The highest BCUT2D eigenvalue weighted by molar-refractivity contribution is 6.31. The number of nitrogens with one attached hydrogen (secondary N) is 1. The van der Waals surface area contributed by atoms with Gasteiger partial charge in [-0.05, 0) is 25.0 Å². The van der Waals surface area contributed by atoms with E-state index < -0.39 is 4.92 Å². The van der Waals surface area contributed by atoms with Crippen LogP contribution in [0.2, 0.25) is 5.02 Å². The van der Waals surface area contributed by atoms with Gasteiger partial charge in [0.15, 0.2) is 0 Å². The number of nitro groups is 1. The van der Waals surface area contributed by atoms with E-state index in [1.807, 2.05) is 6.92 Å². The van der Waals surface area contributed by atoms with Crippen LogP contribution in [-0.2, 0) is 0 Å². The van der Waals surface area contributed by atoms with Gasteiger partial charge in [0.1, 0.15) is 5.69 Å². The number of hydrogen-bond acceptors (Lipinski definition) is 4. The van der Waals surface area contributed by atoms with Gasteiger partial charge in [0.25, 0.3) is 5.69 Å². The maximum atomic E-state index is 10.8. The van der Waals surface area contributed by atoms with Crippen molar-refractivity contribution >= 4 is 23.0 Å². The number of rotatable bonds is 6. The molecule has 5 nitrogen and oxygen atoms in total. The number of aliphatic hydroxyl groups is 1.